The van der Waals surface area contributed by atoms with Gasteiger partial charge in [0, 0.05) is 23.3 Å². The molecular formula is C19H19F2N3. The molecule has 0 aliphatic heterocycles. The third-order valence-corrected chi connectivity index (χ3v) is 4.81. The van der Waals surface area contributed by atoms with Crippen LogP contribution in [0.1, 0.15) is 43.6 Å². The molecule has 5 heteroatoms. The van der Waals surface area contributed by atoms with Crippen LogP contribution in [0.2, 0.25) is 0 Å². The number of pyridine rings is 1. The molecule has 0 unspecified atom stereocenters. The second kappa shape index (κ2) is 6.23. The van der Waals surface area contributed by atoms with Crippen LogP contribution in [0, 0.1) is 11.6 Å². The van der Waals surface area contributed by atoms with Gasteiger partial charge in [0.25, 0.3) is 0 Å². The van der Waals surface area contributed by atoms with E-state index in [1.54, 1.807) is 0 Å². The second-order valence-electron chi connectivity index (χ2n) is 6.43. The van der Waals surface area contributed by atoms with Gasteiger partial charge in [0.05, 0.1) is 0 Å². The average molecular weight is 327 g/mol. The van der Waals surface area contributed by atoms with Crippen LogP contribution in [0.3, 0.4) is 0 Å². The highest BCUT2D eigenvalue weighted by Gasteiger charge is 2.19. The van der Waals surface area contributed by atoms with Crippen molar-refractivity contribution in [1.82, 2.24) is 9.97 Å². The number of fused-ring (bicyclic) bond motifs is 1. The maximum absolute atomic E-state index is 13.3. The topological polar surface area (TPSA) is 40.7 Å². The highest BCUT2D eigenvalue weighted by Crippen LogP contribution is 2.36. The van der Waals surface area contributed by atoms with E-state index in [1.165, 1.54) is 43.7 Å². The van der Waals surface area contributed by atoms with Crippen LogP contribution < -0.4 is 5.32 Å². The lowest BCUT2D eigenvalue weighted by Crippen LogP contribution is -2.03. The first kappa shape index (κ1) is 15.1. The molecule has 3 aromatic rings. The Hall–Kier alpha value is -2.43. The first-order valence-electron chi connectivity index (χ1n) is 8.41. The highest BCUT2D eigenvalue weighted by atomic mass is 19.2. The predicted octanol–water partition coefficient (Wildman–Crippen LogP) is 5.63. The van der Waals surface area contributed by atoms with Crippen molar-refractivity contribution in [2.75, 3.05) is 5.32 Å². The summed E-state index contributed by atoms with van der Waals surface area (Å²) in [6.07, 6.45) is 8.46. The monoisotopic (exact) mass is 327 g/mol. The van der Waals surface area contributed by atoms with Crippen molar-refractivity contribution in [3.63, 3.8) is 0 Å². The lowest BCUT2D eigenvalue weighted by molar-refractivity contribution is 0.445. The molecule has 1 fully saturated rings. The van der Waals surface area contributed by atoms with Crippen LogP contribution in [-0.4, -0.2) is 9.97 Å². The van der Waals surface area contributed by atoms with Crippen molar-refractivity contribution in [3.05, 3.63) is 53.7 Å². The molecule has 3 nitrogen and oxygen atoms in total. The molecule has 24 heavy (non-hydrogen) atoms. The van der Waals surface area contributed by atoms with Crippen LogP contribution in [0.4, 0.5) is 20.3 Å². The van der Waals surface area contributed by atoms with E-state index < -0.39 is 11.6 Å². The Kier molecular flexibility index (Phi) is 3.92. The number of nitrogens with zero attached hydrogens (tertiary/aromatic N) is 1. The summed E-state index contributed by atoms with van der Waals surface area (Å²) in [6.45, 7) is 0. The van der Waals surface area contributed by atoms with Crippen LogP contribution in [0.5, 0.6) is 0 Å². The Morgan fingerprint density at radius 2 is 1.83 bits per heavy atom. The van der Waals surface area contributed by atoms with E-state index in [9.17, 15) is 8.78 Å². The second-order valence-corrected chi connectivity index (χ2v) is 6.43. The zero-order chi connectivity index (χ0) is 16.5. The molecule has 0 atom stereocenters. The molecule has 1 saturated carbocycles. The molecule has 0 radical (unpaired) electrons. The van der Waals surface area contributed by atoms with E-state index in [-0.39, 0.29) is 0 Å². The van der Waals surface area contributed by atoms with E-state index in [4.69, 9.17) is 0 Å². The fourth-order valence-corrected chi connectivity index (χ4v) is 3.57. The molecule has 0 saturated heterocycles. The Balaban J connectivity index is 1.60. The van der Waals surface area contributed by atoms with Gasteiger partial charge in [-0.3, -0.25) is 0 Å². The minimum atomic E-state index is -0.875. The summed E-state index contributed by atoms with van der Waals surface area (Å²) in [5, 5.41) is 4.17. The fraction of sp³-hybridized carbons (Fsp3) is 0.316. The molecule has 124 valence electrons. The summed E-state index contributed by atoms with van der Waals surface area (Å²) in [4.78, 5) is 7.80. The van der Waals surface area contributed by atoms with Crippen molar-refractivity contribution in [2.45, 2.75) is 38.0 Å². The zero-order valence-corrected chi connectivity index (χ0v) is 13.3. The number of aromatic nitrogens is 2. The van der Waals surface area contributed by atoms with E-state index in [0.717, 1.165) is 23.2 Å². The van der Waals surface area contributed by atoms with E-state index in [1.807, 2.05) is 12.1 Å². The smallest absolute Gasteiger partial charge is 0.160 e. The Labute approximate surface area is 139 Å². The number of anilines is 2. The summed E-state index contributed by atoms with van der Waals surface area (Å²) < 4.78 is 26.3. The maximum Gasteiger partial charge on any atom is 0.160 e. The summed E-state index contributed by atoms with van der Waals surface area (Å²) in [7, 11) is 0. The molecule has 2 aromatic heterocycles. The van der Waals surface area contributed by atoms with Gasteiger partial charge in [0.2, 0.25) is 0 Å². The Bertz CT molecular complexity index is 866. The van der Waals surface area contributed by atoms with E-state index in [2.05, 4.69) is 21.5 Å². The quantitative estimate of drug-likeness (QED) is 0.654. The normalized spacial score (nSPS) is 15.8. The molecule has 2 N–H and O–H groups in total. The third-order valence-electron chi connectivity index (χ3n) is 4.81. The summed E-state index contributed by atoms with van der Waals surface area (Å²) in [5.41, 5.74) is 2.64. The van der Waals surface area contributed by atoms with Gasteiger partial charge < -0.3 is 10.3 Å². The standard InChI is InChI=1S/C19H19F2N3/c20-16-8-6-13(10-17(16)21)23-18-9-7-14-15(11-22-19(14)24-18)12-4-2-1-3-5-12/h6-12H,1-5H2,(H2,22,23,24). The predicted molar refractivity (Wildman–Crippen MR) is 91.6 cm³/mol. The van der Waals surface area contributed by atoms with Gasteiger partial charge in [0.15, 0.2) is 11.6 Å². The number of hydrogen-bond donors (Lipinski definition) is 2. The van der Waals surface area contributed by atoms with E-state index in [0.29, 0.717) is 17.4 Å². The largest absolute Gasteiger partial charge is 0.346 e. The number of H-pyrrole nitrogens is 1. The van der Waals surface area contributed by atoms with Gasteiger partial charge in [-0.2, -0.15) is 0 Å². The Morgan fingerprint density at radius 1 is 1.00 bits per heavy atom. The zero-order valence-electron chi connectivity index (χ0n) is 13.3. The maximum atomic E-state index is 13.3. The third kappa shape index (κ3) is 2.86. The van der Waals surface area contributed by atoms with Gasteiger partial charge in [-0.05, 0) is 48.6 Å². The summed E-state index contributed by atoms with van der Waals surface area (Å²) in [5.74, 6) is -0.518. The van der Waals surface area contributed by atoms with Crippen molar-refractivity contribution in [3.8, 4) is 0 Å². The van der Waals surface area contributed by atoms with Crippen LogP contribution in [-0.2, 0) is 0 Å². The van der Waals surface area contributed by atoms with Gasteiger partial charge in [0.1, 0.15) is 11.5 Å². The van der Waals surface area contributed by atoms with Gasteiger partial charge in [-0.15, -0.1) is 0 Å². The number of rotatable bonds is 3. The molecule has 0 amide bonds. The number of nitrogens with one attached hydrogen (secondary N) is 2. The van der Waals surface area contributed by atoms with Crippen molar-refractivity contribution in [1.29, 1.82) is 0 Å². The molecule has 1 aliphatic carbocycles. The van der Waals surface area contributed by atoms with E-state index >= 15 is 0 Å². The van der Waals surface area contributed by atoms with Crippen LogP contribution in [0.15, 0.2) is 36.5 Å². The number of aromatic amines is 1. The SMILES string of the molecule is Fc1ccc(Nc2ccc3c(C4CCCCC4)c[nH]c3n2)cc1F. The molecule has 0 bridgehead atoms. The first-order chi connectivity index (χ1) is 11.7. The molecule has 1 aromatic carbocycles. The highest BCUT2D eigenvalue weighted by molar-refractivity contribution is 5.82. The Morgan fingerprint density at radius 3 is 2.62 bits per heavy atom. The minimum absolute atomic E-state index is 0.472. The summed E-state index contributed by atoms with van der Waals surface area (Å²) >= 11 is 0. The van der Waals surface area contributed by atoms with Crippen LogP contribution >= 0.6 is 0 Å². The lowest BCUT2D eigenvalue weighted by atomic mass is 9.84. The van der Waals surface area contributed by atoms with Crippen molar-refractivity contribution >= 4 is 22.5 Å². The average Bonchev–Trinajstić information content (AvgIpc) is 3.02. The van der Waals surface area contributed by atoms with Gasteiger partial charge in [-0.25, -0.2) is 13.8 Å². The van der Waals surface area contributed by atoms with Gasteiger partial charge in [-0.1, -0.05) is 19.3 Å². The van der Waals surface area contributed by atoms with Crippen LogP contribution in [0.25, 0.3) is 11.0 Å². The van der Waals surface area contributed by atoms with Crippen molar-refractivity contribution in [2.24, 2.45) is 0 Å². The minimum Gasteiger partial charge on any atom is -0.346 e. The summed E-state index contributed by atoms with van der Waals surface area (Å²) in [6, 6.07) is 7.65. The van der Waals surface area contributed by atoms with Gasteiger partial charge >= 0.3 is 0 Å². The first-order valence-corrected chi connectivity index (χ1v) is 8.41. The molecule has 2 heterocycles. The molecule has 1 aliphatic rings. The molecule has 0 spiro atoms. The lowest BCUT2D eigenvalue weighted by Gasteiger charge is -2.21. The molecule has 4 rings (SSSR count). The number of benzene rings is 1. The molecular weight excluding hydrogens is 308 g/mol. The number of halogens is 2. The van der Waals surface area contributed by atoms with Crippen molar-refractivity contribution < 1.29 is 8.78 Å². The number of hydrogen-bond acceptors (Lipinski definition) is 2. The fourth-order valence-electron chi connectivity index (χ4n) is 3.57.